The fraction of sp³-hybridized carbons (Fsp3) is 0.500. The molecule has 2 aromatic heterocycles. The molecule has 1 fully saturated rings. The maximum absolute atomic E-state index is 13.6. The van der Waals surface area contributed by atoms with E-state index in [-0.39, 0.29) is 18.7 Å². The van der Waals surface area contributed by atoms with Gasteiger partial charge in [0.25, 0.3) is 0 Å². The highest BCUT2D eigenvalue weighted by Gasteiger charge is 2.21. The van der Waals surface area contributed by atoms with E-state index in [4.69, 9.17) is 5.26 Å². The SMILES string of the molecule is CCC(F)CNc1ncc(-c2cc(C#N)ccn2)c(NC2CCC(O)CC2)n1. The zero-order valence-electron chi connectivity index (χ0n) is 15.9. The monoisotopic (exact) mass is 384 g/mol. The van der Waals surface area contributed by atoms with E-state index in [1.807, 2.05) is 0 Å². The van der Waals surface area contributed by atoms with Crippen LogP contribution < -0.4 is 10.6 Å². The zero-order valence-corrected chi connectivity index (χ0v) is 15.9. The van der Waals surface area contributed by atoms with Crippen LogP contribution in [0.2, 0.25) is 0 Å². The van der Waals surface area contributed by atoms with E-state index in [0.717, 1.165) is 25.7 Å². The Bertz CT molecular complexity index is 832. The summed E-state index contributed by atoms with van der Waals surface area (Å²) in [7, 11) is 0. The highest BCUT2D eigenvalue weighted by molar-refractivity contribution is 5.73. The van der Waals surface area contributed by atoms with Crippen LogP contribution in [0.25, 0.3) is 11.3 Å². The largest absolute Gasteiger partial charge is 0.393 e. The second-order valence-corrected chi connectivity index (χ2v) is 7.03. The quantitative estimate of drug-likeness (QED) is 0.672. The van der Waals surface area contributed by atoms with Gasteiger partial charge >= 0.3 is 0 Å². The summed E-state index contributed by atoms with van der Waals surface area (Å²) >= 11 is 0. The molecule has 0 bridgehead atoms. The molecule has 1 aliphatic carbocycles. The fourth-order valence-electron chi connectivity index (χ4n) is 3.17. The Morgan fingerprint density at radius 2 is 2.11 bits per heavy atom. The number of hydrogen-bond acceptors (Lipinski definition) is 7. The van der Waals surface area contributed by atoms with Crippen LogP contribution in [0.15, 0.2) is 24.5 Å². The van der Waals surface area contributed by atoms with E-state index in [2.05, 4.69) is 31.7 Å². The topological polar surface area (TPSA) is 107 Å². The van der Waals surface area contributed by atoms with Crippen molar-refractivity contribution >= 4 is 11.8 Å². The first-order valence-electron chi connectivity index (χ1n) is 9.65. The van der Waals surface area contributed by atoms with Crippen LogP contribution in [0.3, 0.4) is 0 Å². The standard InChI is InChI=1S/C20H25FN6O/c1-2-14(21)11-24-20-25-12-17(18-9-13(10-22)7-8-23-18)19(27-20)26-15-3-5-16(28)6-4-15/h7-9,12,14-16,28H,2-6,11H2,1H3,(H2,24,25,26,27). The summed E-state index contributed by atoms with van der Waals surface area (Å²) < 4.78 is 13.6. The minimum atomic E-state index is -0.964. The maximum atomic E-state index is 13.6. The molecular formula is C20H25FN6O. The fourth-order valence-corrected chi connectivity index (χ4v) is 3.17. The van der Waals surface area contributed by atoms with Crippen molar-refractivity contribution in [3.05, 3.63) is 30.1 Å². The summed E-state index contributed by atoms with van der Waals surface area (Å²) in [4.78, 5) is 13.2. The molecule has 0 spiro atoms. The summed E-state index contributed by atoms with van der Waals surface area (Å²) in [5.41, 5.74) is 1.78. The minimum absolute atomic E-state index is 0.146. The van der Waals surface area contributed by atoms with Gasteiger partial charge in [0.05, 0.1) is 29.0 Å². The molecule has 7 nitrogen and oxygen atoms in total. The molecule has 1 unspecified atom stereocenters. The normalized spacial score (nSPS) is 20.2. The maximum Gasteiger partial charge on any atom is 0.224 e. The highest BCUT2D eigenvalue weighted by Crippen LogP contribution is 2.29. The second-order valence-electron chi connectivity index (χ2n) is 7.03. The van der Waals surface area contributed by atoms with Gasteiger partial charge in [-0.15, -0.1) is 0 Å². The molecule has 0 aliphatic heterocycles. The first-order valence-corrected chi connectivity index (χ1v) is 9.65. The van der Waals surface area contributed by atoms with Gasteiger partial charge < -0.3 is 15.7 Å². The van der Waals surface area contributed by atoms with Crippen molar-refractivity contribution < 1.29 is 9.50 Å². The van der Waals surface area contributed by atoms with Crippen LogP contribution in [0, 0.1) is 11.3 Å². The smallest absolute Gasteiger partial charge is 0.224 e. The molecule has 0 aromatic carbocycles. The Kier molecular flexibility index (Phi) is 6.71. The lowest BCUT2D eigenvalue weighted by atomic mass is 9.93. The van der Waals surface area contributed by atoms with E-state index in [1.54, 1.807) is 31.5 Å². The van der Waals surface area contributed by atoms with Crippen LogP contribution in [-0.2, 0) is 0 Å². The van der Waals surface area contributed by atoms with Crippen LogP contribution in [-0.4, -0.2) is 44.9 Å². The summed E-state index contributed by atoms with van der Waals surface area (Å²) in [5, 5.41) is 25.3. The minimum Gasteiger partial charge on any atom is -0.393 e. The third kappa shape index (κ3) is 5.14. The molecule has 3 N–H and O–H groups in total. The molecule has 1 saturated carbocycles. The van der Waals surface area contributed by atoms with Gasteiger partial charge in [-0.3, -0.25) is 4.98 Å². The van der Waals surface area contributed by atoms with E-state index in [9.17, 15) is 9.50 Å². The summed E-state index contributed by atoms with van der Waals surface area (Å²) in [6.07, 6.45) is 5.58. The Morgan fingerprint density at radius 3 is 2.82 bits per heavy atom. The molecule has 0 radical (unpaired) electrons. The van der Waals surface area contributed by atoms with Crippen LogP contribution in [0.1, 0.15) is 44.6 Å². The molecule has 3 rings (SSSR count). The second kappa shape index (κ2) is 9.42. The van der Waals surface area contributed by atoms with Gasteiger partial charge in [-0.2, -0.15) is 10.2 Å². The predicted molar refractivity (Wildman–Crippen MR) is 106 cm³/mol. The van der Waals surface area contributed by atoms with Crippen LogP contribution >= 0.6 is 0 Å². The number of nitrogens with one attached hydrogen (secondary N) is 2. The number of aliphatic hydroxyl groups excluding tert-OH is 1. The number of anilines is 2. The number of rotatable bonds is 7. The molecule has 28 heavy (non-hydrogen) atoms. The van der Waals surface area contributed by atoms with E-state index in [0.29, 0.717) is 35.0 Å². The van der Waals surface area contributed by atoms with Crippen molar-refractivity contribution in [1.82, 2.24) is 15.0 Å². The predicted octanol–water partition coefficient (Wildman–Crippen LogP) is 3.29. The third-order valence-electron chi connectivity index (χ3n) is 4.92. The van der Waals surface area contributed by atoms with Crippen molar-refractivity contribution in [3.8, 4) is 17.3 Å². The number of pyridine rings is 1. The van der Waals surface area contributed by atoms with Crippen molar-refractivity contribution in [3.63, 3.8) is 0 Å². The van der Waals surface area contributed by atoms with Gasteiger partial charge in [0, 0.05) is 25.0 Å². The summed E-state index contributed by atoms with van der Waals surface area (Å²) in [6, 6.07) is 5.62. The summed E-state index contributed by atoms with van der Waals surface area (Å²) in [5.74, 6) is 0.933. The average molecular weight is 384 g/mol. The third-order valence-corrected chi connectivity index (χ3v) is 4.92. The molecule has 0 amide bonds. The Labute approximate surface area is 164 Å². The van der Waals surface area contributed by atoms with Gasteiger partial charge in [-0.1, -0.05) is 6.92 Å². The molecule has 0 saturated heterocycles. The molecule has 148 valence electrons. The molecular weight excluding hydrogens is 359 g/mol. The number of nitriles is 1. The lowest BCUT2D eigenvalue weighted by molar-refractivity contribution is 0.126. The zero-order chi connectivity index (χ0) is 19.9. The number of nitrogens with zero attached hydrogens (tertiary/aromatic N) is 4. The highest BCUT2D eigenvalue weighted by atomic mass is 19.1. The lowest BCUT2D eigenvalue weighted by Crippen LogP contribution is -2.29. The van der Waals surface area contributed by atoms with E-state index in [1.165, 1.54) is 0 Å². The Hall–Kier alpha value is -2.79. The number of alkyl halides is 1. The van der Waals surface area contributed by atoms with Crippen molar-refractivity contribution in [1.29, 1.82) is 5.26 Å². The Morgan fingerprint density at radius 1 is 1.32 bits per heavy atom. The average Bonchev–Trinajstić information content (AvgIpc) is 2.73. The Balaban J connectivity index is 1.87. The molecule has 1 aliphatic rings. The number of halogens is 1. The van der Waals surface area contributed by atoms with Crippen LogP contribution in [0.5, 0.6) is 0 Å². The number of aliphatic hydroxyl groups is 1. The molecule has 2 aromatic rings. The van der Waals surface area contributed by atoms with Crippen molar-refractivity contribution in [2.75, 3.05) is 17.2 Å². The van der Waals surface area contributed by atoms with Gasteiger partial charge in [-0.05, 0) is 44.2 Å². The molecule has 8 heteroatoms. The number of aromatic nitrogens is 3. The van der Waals surface area contributed by atoms with E-state index >= 15 is 0 Å². The van der Waals surface area contributed by atoms with Gasteiger partial charge in [0.1, 0.15) is 12.0 Å². The lowest BCUT2D eigenvalue weighted by Gasteiger charge is -2.27. The van der Waals surface area contributed by atoms with Gasteiger partial charge in [-0.25, -0.2) is 9.37 Å². The van der Waals surface area contributed by atoms with E-state index < -0.39 is 6.17 Å². The first-order chi connectivity index (χ1) is 13.6. The van der Waals surface area contributed by atoms with Crippen molar-refractivity contribution in [2.45, 2.75) is 57.3 Å². The van der Waals surface area contributed by atoms with Crippen LogP contribution in [0.4, 0.5) is 16.2 Å². The number of hydrogen-bond donors (Lipinski definition) is 3. The van der Waals surface area contributed by atoms with Gasteiger partial charge in [0.15, 0.2) is 0 Å². The molecule has 2 heterocycles. The summed E-state index contributed by atoms with van der Waals surface area (Å²) in [6.45, 7) is 1.93. The van der Waals surface area contributed by atoms with Crippen molar-refractivity contribution in [2.24, 2.45) is 0 Å². The van der Waals surface area contributed by atoms with Gasteiger partial charge in [0.2, 0.25) is 5.95 Å². The molecule has 1 atom stereocenters. The first kappa shape index (κ1) is 20.0.